The maximum absolute atomic E-state index is 9.07. The van der Waals surface area contributed by atoms with Gasteiger partial charge in [0.2, 0.25) is 0 Å². The Hall–Kier alpha value is -1.52. The first-order valence-electron chi connectivity index (χ1n) is 5.51. The van der Waals surface area contributed by atoms with E-state index in [9.17, 15) is 0 Å². The molecule has 4 heteroatoms. The number of benzene rings is 1. The van der Waals surface area contributed by atoms with Crippen molar-refractivity contribution in [3.63, 3.8) is 0 Å². The first-order valence-corrected chi connectivity index (χ1v) is 5.51. The van der Waals surface area contributed by atoms with Crippen molar-refractivity contribution >= 4 is 0 Å². The van der Waals surface area contributed by atoms with Gasteiger partial charge >= 0.3 is 0 Å². The van der Waals surface area contributed by atoms with Gasteiger partial charge in [0.05, 0.1) is 26.4 Å². The molecule has 0 atom stereocenters. The van der Waals surface area contributed by atoms with Crippen LogP contribution in [0.15, 0.2) is 36.9 Å². The SMILES string of the molecule is C=CCOCCOCCOc1ccc(O)cc1. The van der Waals surface area contributed by atoms with Crippen molar-refractivity contribution in [3.05, 3.63) is 36.9 Å². The molecule has 0 unspecified atom stereocenters. The second kappa shape index (κ2) is 8.61. The Kier molecular flexibility index (Phi) is 6.86. The smallest absolute Gasteiger partial charge is 0.119 e. The fourth-order valence-corrected chi connectivity index (χ4v) is 1.15. The molecule has 0 bridgehead atoms. The lowest BCUT2D eigenvalue weighted by atomic mass is 10.3. The predicted octanol–water partition coefficient (Wildman–Crippen LogP) is 1.99. The van der Waals surface area contributed by atoms with Gasteiger partial charge in [-0.25, -0.2) is 0 Å². The van der Waals surface area contributed by atoms with Crippen molar-refractivity contribution < 1.29 is 19.3 Å². The Bertz CT molecular complexity index is 308. The van der Waals surface area contributed by atoms with Gasteiger partial charge in [-0.05, 0) is 24.3 Å². The second-order valence-electron chi connectivity index (χ2n) is 3.32. The number of hydrogen-bond donors (Lipinski definition) is 1. The molecule has 17 heavy (non-hydrogen) atoms. The summed E-state index contributed by atoms with van der Waals surface area (Å²) >= 11 is 0. The molecule has 0 aromatic heterocycles. The molecule has 0 amide bonds. The van der Waals surface area contributed by atoms with Gasteiger partial charge in [0.15, 0.2) is 0 Å². The summed E-state index contributed by atoms with van der Waals surface area (Å²) in [6, 6.07) is 6.59. The molecule has 1 N–H and O–H groups in total. The summed E-state index contributed by atoms with van der Waals surface area (Å²) in [4.78, 5) is 0. The topological polar surface area (TPSA) is 47.9 Å². The molecule has 0 saturated heterocycles. The number of aromatic hydroxyl groups is 1. The van der Waals surface area contributed by atoms with Gasteiger partial charge in [0, 0.05) is 0 Å². The van der Waals surface area contributed by atoms with Crippen LogP contribution in [0.2, 0.25) is 0 Å². The molecule has 0 spiro atoms. The van der Waals surface area contributed by atoms with Crippen LogP contribution in [0.25, 0.3) is 0 Å². The Morgan fingerprint density at radius 3 is 2.35 bits per heavy atom. The fourth-order valence-electron chi connectivity index (χ4n) is 1.15. The van der Waals surface area contributed by atoms with Gasteiger partial charge in [-0.3, -0.25) is 0 Å². The molecule has 0 heterocycles. The average molecular weight is 238 g/mol. The van der Waals surface area contributed by atoms with Gasteiger partial charge in [-0.2, -0.15) is 0 Å². The third-order valence-electron chi connectivity index (χ3n) is 1.94. The van der Waals surface area contributed by atoms with Crippen LogP contribution in [0.3, 0.4) is 0 Å². The molecule has 0 radical (unpaired) electrons. The predicted molar refractivity (Wildman–Crippen MR) is 65.4 cm³/mol. The highest BCUT2D eigenvalue weighted by Gasteiger charge is 1.94. The summed E-state index contributed by atoms with van der Waals surface area (Å²) in [7, 11) is 0. The minimum absolute atomic E-state index is 0.230. The molecular weight excluding hydrogens is 220 g/mol. The zero-order chi connectivity index (χ0) is 12.3. The van der Waals surface area contributed by atoms with Gasteiger partial charge < -0.3 is 19.3 Å². The summed E-state index contributed by atoms with van der Waals surface area (Å²) in [6.45, 7) is 6.19. The van der Waals surface area contributed by atoms with Crippen LogP contribution in [0.5, 0.6) is 11.5 Å². The van der Waals surface area contributed by atoms with Crippen molar-refractivity contribution in [1.82, 2.24) is 0 Å². The average Bonchev–Trinajstić information content (AvgIpc) is 2.35. The second-order valence-corrected chi connectivity index (χ2v) is 3.32. The van der Waals surface area contributed by atoms with E-state index in [0.717, 1.165) is 0 Å². The maximum atomic E-state index is 9.07. The van der Waals surface area contributed by atoms with Crippen LogP contribution in [0.4, 0.5) is 0 Å². The molecule has 0 saturated carbocycles. The molecule has 4 nitrogen and oxygen atoms in total. The van der Waals surface area contributed by atoms with E-state index in [4.69, 9.17) is 19.3 Å². The molecule has 0 fully saturated rings. The highest BCUT2D eigenvalue weighted by atomic mass is 16.5. The van der Waals surface area contributed by atoms with Crippen molar-refractivity contribution in [2.24, 2.45) is 0 Å². The van der Waals surface area contributed by atoms with Gasteiger partial charge in [0.25, 0.3) is 0 Å². The summed E-state index contributed by atoms with van der Waals surface area (Å²) in [5.41, 5.74) is 0. The zero-order valence-corrected chi connectivity index (χ0v) is 9.80. The summed E-state index contributed by atoms with van der Waals surface area (Å²) in [6.07, 6.45) is 1.70. The summed E-state index contributed by atoms with van der Waals surface area (Å²) in [5.74, 6) is 0.947. The van der Waals surface area contributed by atoms with E-state index in [0.29, 0.717) is 38.8 Å². The standard InChI is InChI=1S/C13H18O4/c1-2-7-15-8-9-16-10-11-17-13-5-3-12(14)4-6-13/h2-6,14H,1,7-11H2. The molecule has 1 rings (SSSR count). The van der Waals surface area contributed by atoms with Gasteiger partial charge in [0.1, 0.15) is 18.1 Å². The van der Waals surface area contributed by atoms with Gasteiger partial charge in [-0.1, -0.05) is 6.08 Å². The van der Waals surface area contributed by atoms with Crippen LogP contribution in [0, 0.1) is 0 Å². The quantitative estimate of drug-likeness (QED) is 0.528. The fraction of sp³-hybridized carbons (Fsp3) is 0.385. The van der Waals surface area contributed by atoms with E-state index < -0.39 is 0 Å². The number of phenols is 1. The normalized spacial score (nSPS) is 10.1. The van der Waals surface area contributed by atoms with Crippen LogP contribution in [0.1, 0.15) is 0 Å². The Balaban J connectivity index is 1.97. The molecule has 0 aliphatic heterocycles. The molecule has 1 aromatic carbocycles. The highest BCUT2D eigenvalue weighted by Crippen LogP contribution is 2.15. The van der Waals surface area contributed by atoms with E-state index in [1.807, 2.05) is 0 Å². The summed E-state index contributed by atoms with van der Waals surface area (Å²) in [5, 5.41) is 9.07. The monoisotopic (exact) mass is 238 g/mol. The van der Waals surface area contributed by atoms with E-state index in [2.05, 4.69) is 6.58 Å². The first-order chi connectivity index (χ1) is 8.33. The lowest BCUT2D eigenvalue weighted by Gasteiger charge is -2.07. The van der Waals surface area contributed by atoms with E-state index >= 15 is 0 Å². The minimum atomic E-state index is 0.230. The Morgan fingerprint density at radius 1 is 1.00 bits per heavy atom. The largest absolute Gasteiger partial charge is 0.508 e. The Morgan fingerprint density at radius 2 is 1.65 bits per heavy atom. The first kappa shape index (κ1) is 13.5. The third-order valence-corrected chi connectivity index (χ3v) is 1.94. The van der Waals surface area contributed by atoms with Crippen molar-refractivity contribution in [3.8, 4) is 11.5 Å². The third kappa shape index (κ3) is 6.60. The van der Waals surface area contributed by atoms with Crippen LogP contribution >= 0.6 is 0 Å². The van der Waals surface area contributed by atoms with Crippen LogP contribution < -0.4 is 4.74 Å². The number of ether oxygens (including phenoxy) is 3. The molecule has 1 aromatic rings. The molecule has 0 aliphatic carbocycles. The number of hydrogen-bond acceptors (Lipinski definition) is 4. The minimum Gasteiger partial charge on any atom is -0.508 e. The lowest BCUT2D eigenvalue weighted by Crippen LogP contribution is -2.10. The van der Waals surface area contributed by atoms with E-state index in [1.54, 1.807) is 30.3 Å². The zero-order valence-electron chi connectivity index (χ0n) is 9.80. The maximum Gasteiger partial charge on any atom is 0.119 e. The highest BCUT2D eigenvalue weighted by molar-refractivity contribution is 5.29. The van der Waals surface area contributed by atoms with Crippen LogP contribution in [-0.2, 0) is 9.47 Å². The molecule has 94 valence electrons. The number of rotatable bonds is 9. The van der Waals surface area contributed by atoms with Crippen molar-refractivity contribution in [2.45, 2.75) is 0 Å². The van der Waals surface area contributed by atoms with Crippen LogP contribution in [-0.4, -0.2) is 38.1 Å². The number of phenolic OH excluding ortho intramolecular Hbond substituents is 1. The molecule has 0 aliphatic rings. The van der Waals surface area contributed by atoms with Crippen molar-refractivity contribution in [2.75, 3.05) is 33.0 Å². The lowest BCUT2D eigenvalue weighted by molar-refractivity contribution is 0.0449. The Labute approximate surface area is 101 Å². The van der Waals surface area contributed by atoms with E-state index in [1.165, 1.54) is 0 Å². The van der Waals surface area contributed by atoms with E-state index in [-0.39, 0.29) is 5.75 Å². The summed E-state index contributed by atoms with van der Waals surface area (Å²) < 4.78 is 15.8. The van der Waals surface area contributed by atoms with Gasteiger partial charge in [-0.15, -0.1) is 6.58 Å². The van der Waals surface area contributed by atoms with Crippen molar-refractivity contribution in [1.29, 1.82) is 0 Å². The molecular formula is C13H18O4.